The molecule has 0 aliphatic heterocycles. The third-order valence-electron chi connectivity index (χ3n) is 5.73. The van der Waals surface area contributed by atoms with Gasteiger partial charge in [0.1, 0.15) is 17.3 Å². The number of anilines is 1. The van der Waals surface area contributed by atoms with E-state index in [2.05, 4.69) is 5.32 Å². The SMILES string of the molecule is CC(=O)Oc1c(-c2ccc(NC(=O)c3ccccc3F)cc2)c(-c2cccc(F)c2)nn1-c1ccccc1. The Morgan fingerprint density at radius 2 is 1.53 bits per heavy atom. The molecular weight excluding hydrogens is 488 g/mol. The first-order chi connectivity index (χ1) is 18.4. The van der Waals surface area contributed by atoms with Gasteiger partial charge in [0.15, 0.2) is 0 Å². The highest BCUT2D eigenvalue weighted by Gasteiger charge is 2.25. The highest BCUT2D eigenvalue weighted by molar-refractivity contribution is 6.04. The standard InChI is InChI=1S/C30H21F2N3O3/c1-19(36)38-30-27(20-14-16-23(17-15-20)33-29(37)25-12-5-6-13-26(25)32)28(21-8-7-9-22(31)18-21)34-35(30)24-10-3-2-4-11-24/h2-18H,1H3,(H,33,37). The number of benzene rings is 4. The molecule has 0 saturated heterocycles. The first kappa shape index (κ1) is 24.6. The molecule has 1 N–H and O–H groups in total. The molecule has 5 aromatic rings. The van der Waals surface area contributed by atoms with Crippen LogP contribution in [0.5, 0.6) is 5.88 Å². The van der Waals surface area contributed by atoms with Crippen molar-refractivity contribution in [3.05, 3.63) is 120 Å². The zero-order valence-electron chi connectivity index (χ0n) is 20.2. The Labute approximate surface area is 217 Å². The molecule has 0 bridgehead atoms. The molecular formula is C30H21F2N3O3. The second kappa shape index (κ2) is 10.5. The van der Waals surface area contributed by atoms with Gasteiger partial charge in [0.2, 0.25) is 5.88 Å². The first-order valence-electron chi connectivity index (χ1n) is 11.7. The zero-order valence-corrected chi connectivity index (χ0v) is 20.2. The molecule has 38 heavy (non-hydrogen) atoms. The topological polar surface area (TPSA) is 73.2 Å². The zero-order chi connectivity index (χ0) is 26.6. The highest BCUT2D eigenvalue weighted by Crippen LogP contribution is 2.41. The average Bonchev–Trinajstić information content (AvgIpc) is 3.28. The molecule has 1 amide bonds. The van der Waals surface area contributed by atoms with E-state index in [4.69, 9.17) is 9.84 Å². The van der Waals surface area contributed by atoms with Crippen LogP contribution in [-0.4, -0.2) is 21.7 Å². The normalized spacial score (nSPS) is 10.7. The number of nitrogens with zero attached hydrogens (tertiary/aromatic N) is 2. The van der Waals surface area contributed by atoms with Crippen LogP contribution in [0.15, 0.2) is 103 Å². The van der Waals surface area contributed by atoms with E-state index in [1.807, 2.05) is 18.2 Å². The molecule has 6 nitrogen and oxygen atoms in total. The monoisotopic (exact) mass is 509 g/mol. The summed E-state index contributed by atoms with van der Waals surface area (Å²) in [5.74, 6) is -2.05. The van der Waals surface area contributed by atoms with Crippen molar-refractivity contribution in [3.63, 3.8) is 0 Å². The third kappa shape index (κ3) is 5.05. The molecule has 1 aromatic heterocycles. The van der Waals surface area contributed by atoms with E-state index in [0.717, 1.165) is 0 Å². The summed E-state index contributed by atoms with van der Waals surface area (Å²) in [5.41, 5.74) is 2.94. The Morgan fingerprint density at radius 3 is 2.21 bits per heavy atom. The van der Waals surface area contributed by atoms with Crippen LogP contribution in [0.3, 0.4) is 0 Å². The lowest BCUT2D eigenvalue weighted by Crippen LogP contribution is -2.13. The van der Waals surface area contributed by atoms with Crippen molar-refractivity contribution in [2.24, 2.45) is 0 Å². The van der Waals surface area contributed by atoms with Gasteiger partial charge in [0, 0.05) is 18.2 Å². The minimum absolute atomic E-state index is 0.0775. The summed E-state index contributed by atoms with van der Waals surface area (Å²) < 4.78 is 35.3. The number of hydrogen-bond donors (Lipinski definition) is 1. The molecule has 0 aliphatic carbocycles. The van der Waals surface area contributed by atoms with Gasteiger partial charge in [-0.2, -0.15) is 9.78 Å². The van der Waals surface area contributed by atoms with Crippen molar-refractivity contribution in [1.29, 1.82) is 0 Å². The van der Waals surface area contributed by atoms with Gasteiger partial charge in [-0.15, -0.1) is 0 Å². The Bertz CT molecular complexity index is 1630. The smallest absolute Gasteiger partial charge is 0.309 e. The van der Waals surface area contributed by atoms with E-state index in [0.29, 0.717) is 33.8 Å². The Balaban J connectivity index is 1.61. The lowest BCUT2D eigenvalue weighted by Gasteiger charge is -2.11. The predicted molar refractivity (Wildman–Crippen MR) is 140 cm³/mol. The molecule has 0 radical (unpaired) electrons. The lowest BCUT2D eigenvalue weighted by atomic mass is 10.0. The van der Waals surface area contributed by atoms with Gasteiger partial charge in [-0.1, -0.05) is 54.6 Å². The number of aromatic nitrogens is 2. The fourth-order valence-corrected chi connectivity index (χ4v) is 4.04. The maximum Gasteiger partial charge on any atom is 0.309 e. The summed E-state index contributed by atoms with van der Waals surface area (Å²) in [7, 11) is 0. The molecule has 188 valence electrons. The molecule has 1 heterocycles. The first-order valence-corrected chi connectivity index (χ1v) is 11.7. The molecule has 4 aromatic carbocycles. The van der Waals surface area contributed by atoms with E-state index in [1.165, 1.54) is 41.9 Å². The van der Waals surface area contributed by atoms with Crippen LogP contribution >= 0.6 is 0 Å². The second-order valence-corrected chi connectivity index (χ2v) is 8.39. The van der Waals surface area contributed by atoms with Gasteiger partial charge in [0.25, 0.3) is 5.91 Å². The third-order valence-corrected chi connectivity index (χ3v) is 5.73. The molecule has 0 saturated carbocycles. The van der Waals surface area contributed by atoms with Gasteiger partial charge >= 0.3 is 5.97 Å². The number of carbonyl (C=O) groups excluding carboxylic acids is 2. The average molecular weight is 510 g/mol. The maximum absolute atomic E-state index is 14.2. The van der Waals surface area contributed by atoms with Gasteiger partial charge in [-0.25, -0.2) is 8.78 Å². The minimum atomic E-state index is -0.624. The van der Waals surface area contributed by atoms with Crippen molar-refractivity contribution in [2.45, 2.75) is 6.92 Å². The van der Waals surface area contributed by atoms with Gasteiger partial charge in [-0.05, 0) is 54.1 Å². The van der Waals surface area contributed by atoms with Crippen LogP contribution in [0.2, 0.25) is 0 Å². The lowest BCUT2D eigenvalue weighted by molar-refractivity contribution is -0.132. The van der Waals surface area contributed by atoms with Crippen molar-refractivity contribution in [1.82, 2.24) is 9.78 Å². The van der Waals surface area contributed by atoms with E-state index >= 15 is 0 Å². The summed E-state index contributed by atoms with van der Waals surface area (Å²) in [6, 6.07) is 27.5. The fourth-order valence-electron chi connectivity index (χ4n) is 4.04. The number of hydrogen-bond acceptors (Lipinski definition) is 4. The molecule has 0 spiro atoms. The van der Waals surface area contributed by atoms with Gasteiger partial charge < -0.3 is 10.1 Å². The number of carbonyl (C=O) groups is 2. The number of nitrogens with one attached hydrogen (secondary N) is 1. The summed E-state index contributed by atoms with van der Waals surface area (Å²) >= 11 is 0. The quantitative estimate of drug-likeness (QED) is 0.260. The molecule has 0 aliphatic rings. The van der Waals surface area contributed by atoms with Crippen molar-refractivity contribution in [2.75, 3.05) is 5.32 Å². The number of esters is 1. The van der Waals surface area contributed by atoms with E-state index < -0.39 is 23.5 Å². The van der Waals surface area contributed by atoms with Crippen molar-refractivity contribution in [3.8, 4) is 34.0 Å². The summed E-state index contributed by atoms with van der Waals surface area (Å²) in [6.45, 7) is 1.29. The van der Waals surface area contributed by atoms with Gasteiger partial charge in [-0.3, -0.25) is 9.59 Å². The number of halogens is 2. The van der Waals surface area contributed by atoms with Gasteiger partial charge in [0.05, 0.1) is 16.8 Å². The van der Waals surface area contributed by atoms with Crippen LogP contribution in [0.25, 0.3) is 28.1 Å². The molecule has 0 fully saturated rings. The molecule has 0 atom stereocenters. The molecule has 0 unspecified atom stereocenters. The largest absolute Gasteiger partial charge is 0.407 e. The van der Waals surface area contributed by atoms with Crippen LogP contribution < -0.4 is 10.1 Å². The molecule has 5 rings (SSSR count). The van der Waals surface area contributed by atoms with Crippen LogP contribution in [-0.2, 0) is 4.79 Å². The highest BCUT2D eigenvalue weighted by atomic mass is 19.1. The maximum atomic E-state index is 14.2. The van der Waals surface area contributed by atoms with Crippen molar-refractivity contribution >= 4 is 17.6 Å². The summed E-state index contributed by atoms with van der Waals surface area (Å²) in [6.07, 6.45) is 0. The van der Waals surface area contributed by atoms with Crippen LogP contribution in [0.4, 0.5) is 14.5 Å². The number of amides is 1. The van der Waals surface area contributed by atoms with Crippen molar-refractivity contribution < 1.29 is 23.1 Å². The summed E-state index contributed by atoms with van der Waals surface area (Å²) in [4.78, 5) is 24.7. The number of rotatable bonds is 6. The summed E-state index contributed by atoms with van der Waals surface area (Å²) in [5, 5.41) is 7.38. The van der Waals surface area contributed by atoms with Crippen LogP contribution in [0.1, 0.15) is 17.3 Å². The van der Waals surface area contributed by atoms with E-state index in [9.17, 15) is 18.4 Å². The number of para-hydroxylation sites is 1. The van der Waals surface area contributed by atoms with E-state index in [1.54, 1.807) is 54.6 Å². The van der Waals surface area contributed by atoms with E-state index in [-0.39, 0.29) is 11.4 Å². The second-order valence-electron chi connectivity index (χ2n) is 8.39. The Hall–Kier alpha value is -5.11. The van der Waals surface area contributed by atoms with Crippen LogP contribution in [0, 0.1) is 11.6 Å². The Morgan fingerprint density at radius 1 is 0.816 bits per heavy atom. The fraction of sp³-hybridized carbons (Fsp3) is 0.0333. The Kier molecular flexibility index (Phi) is 6.78. The predicted octanol–water partition coefficient (Wildman–Crippen LogP) is 6.66. The minimum Gasteiger partial charge on any atom is -0.407 e. The number of ether oxygens (including phenoxy) is 1. The molecule has 8 heteroatoms.